The number of fused-ring (bicyclic) bond motifs is 1. The number of nitrogens with one attached hydrogen (secondary N) is 2. The molecule has 2 fully saturated rings. The van der Waals surface area contributed by atoms with Gasteiger partial charge in [0.15, 0.2) is 18.0 Å². The lowest BCUT2D eigenvalue weighted by atomic mass is 9.98. The Labute approximate surface area is 215 Å². The molecule has 38 heavy (non-hydrogen) atoms. The Bertz CT molecular complexity index is 1330. The van der Waals surface area contributed by atoms with Gasteiger partial charge in [-0.1, -0.05) is 18.2 Å². The van der Waals surface area contributed by atoms with Crippen LogP contribution in [0.2, 0.25) is 0 Å². The molecule has 0 spiro atoms. The summed E-state index contributed by atoms with van der Waals surface area (Å²) in [6, 6.07) is 7.83. The third-order valence-corrected chi connectivity index (χ3v) is 7.54. The maximum absolute atomic E-state index is 16.2. The van der Waals surface area contributed by atoms with Crippen molar-refractivity contribution in [1.82, 2.24) is 14.6 Å². The maximum atomic E-state index is 16.2. The fourth-order valence-corrected chi connectivity index (χ4v) is 5.53. The van der Waals surface area contributed by atoms with Crippen molar-refractivity contribution in [3.8, 4) is 5.75 Å². The first-order valence-corrected chi connectivity index (χ1v) is 13.3. The number of carbonyl (C=O) groups is 2. The lowest BCUT2D eigenvalue weighted by Gasteiger charge is -2.28. The smallest absolute Gasteiger partial charge is 0.459 e. The van der Waals surface area contributed by atoms with E-state index < -0.39 is 67.7 Å². The summed E-state index contributed by atoms with van der Waals surface area (Å²) in [5, 5.41) is 2.50. The van der Waals surface area contributed by atoms with E-state index in [0.717, 1.165) is 23.8 Å². The van der Waals surface area contributed by atoms with Crippen molar-refractivity contribution in [2.45, 2.75) is 56.8 Å². The van der Waals surface area contributed by atoms with E-state index in [2.05, 4.69) is 5.09 Å². The third-order valence-electron chi connectivity index (χ3n) is 5.90. The van der Waals surface area contributed by atoms with E-state index in [0.29, 0.717) is 0 Å². The van der Waals surface area contributed by atoms with Crippen molar-refractivity contribution in [3.05, 3.63) is 63.4 Å². The molecule has 0 radical (unpaired) electrons. The van der Waals surface area contributed by atoms with E-state index in [1.54, 1.807) is 18.2 Å². The van der Waals surface area contributed by atoms with Gasteiger partial charge in [0.1, 0.15) is 17.9 Å². The zero-order chi connectivity index (χ0) is 27.5. The first kappa shape index (κ1) is 27.7. The van der Waals surface area contributed by atoms with Crippen LogP contribution in [0.4, 0.5) is 4.39 Å². The highest BCUT2D eigenvalue weighted by atomic mass is 31.2. The van der Waals surface area contributed by atoms with Crippen molar-refractivity contribution in [2.75, 3.05) is 13.2 Å². The van der Waals surface area contributed by atoms with Crippen LogP contribution in [0, 0.1) is 0 Å². The minimum Gasteiger partial charge on any atom is -0.465 e. The van der Waals surface area contributed by atoms with Gasteiger partial charge < -0.3 is 18.7 Å². The van der Waals surface area contributed by atoms with E-state index >= 15 is 4.39 Å². The third kappa shape index (κ3) is 6.21. The molecule has 4 rings (SSSR count). The van der Waals surface area contributed by atoms with Crippen LogP contribution in [0.15, 0.2) is 52.2 Å². The monoisotopic (exact) mass is 555 g/mol. The van der Waals surface area contributed by atoms with Gasteiger partial charge in [0.05, 0.1) is 13.2 Å². The van der Waals surface area contributed by atoms with Crippen LogP contribution in [-0.2, 0) is 32.9 Å². The molecule has 2 aliphatic rings. The summed E-state index contributed by atoms with van der Waals surface area (Å²) < 4.78 is 58.0. The molecule has 6 atom stereocenters. The van der Waals surface area contributed by atoms with Crippen LogP contribution in [0.5, 0.6) is 5.75 Å². The van der Waals surface area contributed by atoms with Gasteiger partial charge in [-0.2, -0.15) is 5.09 Å². The number of aromatic amines is 1. The van der Waals surface area contributed by atoms with Crippen molar-refractivity contribution in [2.24, 2.45) is 0 Å². The van der Waals surface area contributed by atoms with Crippen LogP contribution >= 0.6 is 7.75 Å². The molecule has 2 N–H and O–H groups in total. The number of rotatable bonds is 3. The number of hydrogen-bond donors (Lipinski definition) is 2. The van der Waals surface area contributed by atoms with E-state index in [4.69, 9.17) is 23.3 Å². The minimum absolute atomic E-state index is 0.0794. The maximum Gasteiger partial charge on any atom is 0.459 e. The molecule has 206 valence electrons. The van der Waals surface area contributed by atoms with Gasteiger partial charge >= 0.3 is 25.4 Å². The van der Waals surface area contributed by atoms with Gasteiger partial charge in [-0.25, -0.2) is 13.8 Å². The number of H-pyrrole nitrogens is 1. The first-order valence-electron chi connectivity index (χ1n) is 11.8. The summed E-state index contributed by atoms with van der Waals surface area (Å²) in [4.78, 5) is 50.8. The molecule has 2 aromatic rings. The molecule has 0 unspecified atom stereocenters. The van der Waals surface area contributed by atoms with Gasteiger partial charge in [-0.3, -0.25) is 28.5 Å². The summed E-state index contributed by atoms with van der Waals surface area (Å²) in [5.41, 5.74) is -4.14. The Morgan fingerprint density at radius 3 is 2.61 bits per heavy atom. The number of cyclic esters (lactones) is 1. The molecule has 13 nitrogen and oxygen atoms in total. The summed E-state index contributed by atoms with van der Waals surface area (Å²) >= 11 is 0. The van der Waals surface area contributed by atoms with Gasteiger partial charge in [-0.05, 0) is 32.4 Å². The molecule has 0 aliphatic carbocycles. The lowest BCUT2D eigenvalue weighted by molar-refractivity contribution is -0.159. The number of benzene rings is 1. The van der Waals surface area contributed by atoms with E-state index in [1.165, 1.54) is 19.1 Å². The Balaban J connectivity index is 1.67. The van der Waals surface area contributed by atoms with Crippen LogP contribution in [0.3, 0.4) is 0 Å². The van der Waals surface area contributed by atoms with Gasteiger partial charge in [-0.15, -0.1) is 0 Å². The second-order valence-corrected chi connectivity index (χ2v) is 10.6. The number of alkyl halides is 1. The Kier molecular flexibility index (Phi) is 8.16. The highest BCUT2D eigenvalue weighted by molar-refractivity contribution is 7.52. The number of ether oxygens (including phenoxy) is 3. The largest absolute Gasteiger partial charge is 0.465 e. The Morgan fingerprint density at radius 1 is 1.16 bits per heavy atom. The molecular weight excluding hydrogens is 528 g/mol. The molecule has 15 heteroatoms. The number of nitrogens with zero attached hydrogens (tertiary/aromatic N) is 1. The fourth-order valence-electron chi connectivity index (χ4n) is 4.03. The van der Waals surface area contributed by atoms with Crippen LogP contribution in [0.25, 0.3) is 0 Å². The number of esters is 2. The number of para-hydroxylation sites is 1. The molecule has 0 amide bonds. The van der Waals surface area contributed by atoms with Crippen molar-refractivity contribution in [1.29, 1.82) is 0 Å². The summed E-state index contributed by atoms with van der Waals surface area (Å²) in [6.07, 6.45) is -3.68. The molecular formula is C23H27FN3O10P. The Hall–Kier alpha value is -3.32. The second kappa shape index (κ2) is 11.2. The van der Waals surface area contributed by atoms with Crippen LogP contribution < -0.4 is 20.9 Å². The van der Waals surface area contributed by atoms with Crippen molar-refractivity contribution < 1.29 is 41.8 Å². The topological polar surface area (TPSA) is 164 Å². The molecule has 1 aromatic carbocycles. The van der Waals surface area contributed by atoms with Crippen molar-refractivity contribution >= 4 is 19.7 Å². The number of halogens is 1. The van der Waals surface area contributed by atoms with Gasteiger partial charge in [0, 0.05) is 18.7 Å². The van der Waals surface area contributed by atoms with Crippen LogP contribution in [-0.4, -0.2) is 58.6 Å². The number of carbonyl (C=O) groups excluding carboxylic acids is 2. The first-order chi connectivity index (χ1) is 18.0. The quantitative estimate of drug-likeness (QED) is 0.417. The standard InChI is InChI=1S/C23H27FN3O10P/c1-14-20(30)33-12-6-9-18(29)36-19-16(13-34-38(32,26-14)37-15-7-4-3-5-8-15)35-21(23(19,2)24)27-11-10-17(28)25-22(27)31/h3-5,7-8,10-11,14,16,19,21H,6,9,12-13H2,1-2H3,(H,26,32)(H,25,28,31)/t14-,16+,19+,21+,23+,38-/m0/s1. The average Bonchev–Trinajstić information content (AvgIpc) is 3.10. The lowest BCUT2D eigenvalue weighted by Crippen LogP contribution is -2.46. The van der Waals surface area contributed by atoms with Crippen molar-refractivity contribution in [3.63, 3.8) is 0 Å². The molecule has 2 saturated heterocycles. The number of aromatic nitrogens is 2. The second-order valence-electron chi connectivity index (χ2n) is 8.93. The van der Waals surface area contributed by atoms with Gasteiger partial charge in [0.25, 0.3) is 5.56 Å². The summed E-state index contributed by atoms with van der Waals surface area (Å²) in [7, 11) is -4.33. The number of hydrogen-bond acceptors (Lipinski definition) is 10. The predicted octanol–water partition coefficient (Wildman–Crippen LogP) is 1.59. The zero-order valence-corrected chi connectivity index (χ0v) is 21.4. The summed E-state index contributed by atoms with van der Waals surface area (Å²) in [5.74, 6) is -1.43. The fraction of sp³-hybridized carbons (Fsp3) is 0.478. The van der Waals surface area contributed by atoms with Crippen LogP contribution in [0.1, 0.15) is 32.9 Å². The Morgan fingerprint density at radius 2 is 1.89 bits per heavy atom. The minimum atomic E-state index is -4.33. The molecule has 0 bridgehead atoms. The molecule has 3 heterocycles. The van der Waals surface area contributed by atoms with Gasteiger partial charge in [0.2, 0.25) is 0 Å². The zero-order valence-electron chi connectivity index (χ0n) is 20.5. The molecule has 0 saturated carbocycles. The van der Waals surface area contributed by atoms with E-state index in [9.17, 15) is 23.7 Å². The van der Waals surface area contributed by atoms with E-state index in [-0.39, 0.29) is 25.2 Å². The predicted molar refractivity (Wildman–Crippen MR) is 128 cm³/mol. The summed E-state index contributed by atoms with van der Waals surface area (Å²) in [6.45, 7) is 1.67. The highest BCUT2D eigenvalue weighted by Gasteiger charge is 2.58. The molecule has 1 aromatic heterocycles. The normalized spacial score (nSPS) is 32.9. The van der Waals surface area contributed by atoms with E-state index in [1.807, 2.05) is 4.98 Å². The SMILES string of the molecule is C[C@@H]1N[P@@](=O)(Oc2ccccc2)OC[C@H]2O[C@@H](n3ccc(=O)[nH]c3=O)[C@](C)(F)[C@@H]2OC(=O)CCCOC1=O. The highest BCUT2D eigenvalue weighted by Crippen LogP contribution is 2.48. The molecule has 2 aliphatic heterocycles. The average molecular weight is 555 g/mol.